The van der Waals surface area contributed by atoms with Crippen LogP contribution >= 0.6 is 12.4 Å². The number of halogens is 4. The second-order valence-corrected chi connectivity index (χ2v) is 7.32. The zero-order chi connectivity index (χ0) is 18.4. The number of hydrogen-bond acceptors (Lipinski definition) is 3. The van der Waals surface area contributed by atoms with Gasteiger partial charge >= 0.3 is 6.18 Å². The third-order valence-electron chi connectivity index (χ3n) is 5.71. The normalized spacial score (nSPS) is 19.4. The first-order valence-corrected chi connectivity index (χ1v) is 8.89. The number of piperidine rings is 1. The molecule has 2 aromatic rings. The highest BCUT2D eigenvalue weighted by Gasteiger charge is 2.40. The maximum absolute atomic E-state index is 13.4. The molecule has 0 aliphatic carbocycles. The van der Waals surface area contributed by atoms with Gasteiger partial charge in [-0.2, -0.15) is 13.2 Å². The van der Waals surface area contributed by atoms with Gasteiger partial charge in [0, 0.05) is 19.6 Å². The fourth-order valence-corrected chi connectivity index (χ4v) is 4.14. The van der Waals surface area contributed by atoms with Gasteiger partial charge in [0.2, 0.25) is 11.7 Å². The van der Waals surface area contributed by atoms with E-state index in [-0.39, 0.29) is 35.8 Å². The Labute approximate surface area is 161 Å². The molecule has 2 fully saturated rings. The fraction of sp³-hybridized carbons (Fsp3) is 0.556. The summed E-state index contributed by atoms with van der Waals surface area (Å²) >= 11 is 0. The second kappa shape index (κ2) is 7.31. The summed E-state index contributed by atoms with van der Waals surface area (Å²) in [5.41, 5.74) is 0.846. The van der Waals surface area contributed by atoms with Gasteiger partial charge in [0.15, 0.2) is 0 Å². The summed E-state index contributed by atoms with van der Waals surface area (Å²) in [6, 6.07) is 6.40. The van der Waals surface area contributed by atoms with Crippen molar-refractivity contribution in [3.8, 4) is 0 Å². The Morgan fingerprint density at radius 1 is 1.19 bits per heavy atom. The number of nitrogens with zero attached hydrogens (tertiary/aromatic N) is 3. The molecule has 5 nitrogen and oxygen atoms in total. The minimum absolute atomic E-state index is 0. The van der Waals surface area contributed by atoms with E-state index in [1.54, 1.807) is 23.1 Å². The van der Waals surface area contributed by atoms with Crippen molar-refractivity contribution in [1.82, 2.24) is 19.8 Å². The molecule has 2 aliphatic rings. The Morgan fingerprint density at radius 3 is 2.52 bits per heavy atom. The highest BCUT2D eigenvalue weighted by atomic mass is 35.5. The molecule has 4 rings (SSSR count). The van der Waals surface area contributed by atoms with Crippen molar-refractivity contribution >= 4 is 29.3 Å². The van der Waals surface area contributed by atoms with E-state index in [1.807, 2.05) is 0 Å². The molecule has 1 aromatic heterocycles. The molecule has 0 unspecified atom stereocenters. The molecular formula is C18H22ClF3N4O. The van der Waals surface area contributed by atoms with E-state index in [0.29, 0.717) is 18.6 Å². The molecule has 2 aliphatic heterocycles. The van der Waals surface area contributed by atoms with Gasteiger partial charge < -0.3 is 14.8 Å². The SMILES string of the molecule is Cl.O=C(Cn1c(C(F)(F)F)nc2ccccc21)N1CCC2(CCNC2)CC1. The summed E-state index contributed by atoms with van der Waals surface area (Å²) in [5, 5.41) is 3.37. The van der Waals surface area contributed by atoms with Crippen LogP contribution in [-0.4, -0.2) is 46.5 Å². The number of alkyl halides is 3. The molecule has 1 amide bonds. The molecule has 27 heavy (non-hydrogen) atoms. The Bertz CT molecular complexity index is 820. The van der Waals surface area contributed by atoms with E-state index in [1.165, 1.54) is 6.07 Å². The Morgan fingerprint density at radius 2 is 1.89 bits per heavy atom. The van der Waals surface area contributed by atoms with Gasteiger partial charge in [0.25, 0.3) is 0 Å². The van der Waals surface area contributed by atoms with Crippen molar-refractivity contribution in [2.75, 3.05) is 26.2 Å². The smallest absolute Gasteiger partial charge is 0.341 e. The molecule has 148 valence electrons. The van der Waals surface area contributed by atoms with Crippen molar-refractivity contribution in [2.45, 2.75) is 32.0 Å². The number of imidazole rings is 1. The van der Waals surface area contributed by atoms with Crippen LogP contribution in [0, 0.1) is 5.41 Å². The number of para-hydroxylation sites is 2. The number of likely N-dealkylation sites (tertiary alicyclic amines) is 1. The number of benzene rings is 1. The van der Waals surface area contributed by atoms with Crippen molar-refractivity contribution in [3.05, 3.63) is 30.1 Å². The molecule has 1 spiro atoms. The summed E-state index contributed by atoms with van der Waals surface area (Å²) in [6.07, 6.45) is -1.68. The lowest BCUT2D eigenvalue weighted by atomic mass is 9.78. The van der Waals surface area contributed by atoms with Crippen LogP contribution in [0.5, 0.6) is 0 Å². The topological polar surface area (TPSA) is 50.2 Å². The minimum atomic E-state index is -4.60. The highest BCUT2D eigenvalue weighted by Crippen LogP contribution is 2.37. The molecule has 0 bridgehead atoms. The highest BCUT2D eigenvalue weighted by molar-refractivity contribution is 5.85. The van der Waals surface area contributed by atoms with E-state index in [0.717, 1.165) is 36.9 Å². The summed E-state index contributed by atoms with van der Waals surface area (Å²) in [6.45, 7) is 2.85. The number of amides is 1. The number of carbonyl (C=O) groups is 1. The van der Waals surface area contributed by atoms with Gasteiger partial charge in [0.1, 0.15) is 6.54 Å². The molecular weight excluding hydrogens is 381 g/mol. The Hall–Kier alpha value is -1.80. The maximum Gasteiger partial charge on any atom is 0.449 e. The molecule has 0 atom stereocenters. The van der Waals surface area contributed by atoms with E-state index < -0.39 is 12.0 Å². The second-order valence-electron chi connectivity index (χ2n) is 7.32. The average Bonchev–Trinajstić information content (AvgIpc) is 3.21. The Kier molecular flexibility index (Phi) is 5.40. The molecule has 2 saturated heterocycles. The zero-order valence-corrected chi connectivity index (χ0v) is 15.6. The first-order chi connectivity index (χ1) is 12.4. The first-order valence-electron chi connectivity index (χ1n) is 8.89. The lowest BCUT2D eigenvalue weighted by Gasteiger charge is -2.39. The molecule has 3 heterocycles. The van der Waals surface area contributed by atoms with Gasteiger partial charge in [-0.1, -0.05) is 12.1 Å². The third-order valence-corrected chi connectivity index (χ3v) is 5.71. The number of rotatable bonds is 2. The number of hydrogen-bond donors (Lipinski definition) is 1. The van der Waals surface area contributed by atoms with Crippen LogP contribution in [0.2, 0.25) is 0 Å². The predicted molar refractivity (Wildman–Crippen MR) is 97.7 cm³/mol. The van der Waals surface area contributed by atoms with Crippen LogP contribution in [0.15, 0.2) is 24.3 Å². The van der Waals surface area contributed by atoms with E-state index in [2.05, 4.69) is 10.3 Å². The van der Waals surface area contributed by atoms with Crippen molar-refractivity contribution in [1.29, 1.82) is 0 Å². The van der Waals surface area contributed by atoms with Crippen LogP contribution < -0.4 is 5.32 Å². The van der Waals surface area contributed by atoms with Crippen LogP contribution in [0.1, 0.15) is 25.1 Å². The van der Waals surface area contributed by atoms with E-state index in [9.17, 15) is 18.0 Å². The largest absolute Gasteiger partial charge is 0.449 e. The minimum Gasteiger partial charge on any atom is -0.341 e. The van der Waals surface area contributed by atoms with Crippen molar-refractivity contribution < 1.29 is 18.0 Å². The predicted octanol–water partition coefficient (Wildman–Crippen LogP) is 3.08. The van der Waals surface area contributed by atoms with Crippen LogP contribution in [-0.2, 0) is 17.5 Å². The number of aromatic nitrogens is 2. The summed E-state index contributed by atoms with van der Waals surface area (Å²) in [4.78, 5) is 18.1. The van der Waals surface area contributed by atoms with Crippen LogP contribution in [0.4, 0.5) is 13.2 Å². The van der Waals surface area contributed by atoms with Gasteiger partial charge in [-0.3, -0.25) is 4.79 Å². The third kappa shape index (κ3) is 3.78. The molecule has 1 aromatic carbocycles. The molecule has 1 N–H and O–H groups in total. The quantitative estimate of drug-likeness (QED) is 0.839. The maximum atomic E-state index is 13.4. The molecule has 0 saturated carbocycles. The molecule has 9 heteroatoms. The summed E-state index contributed by atoms with van der Waals surface area (Å²) < 4.78 is 41.1. The summed E-state index contributed by atoms with van der Waals surface area (Å²) in [5.74, 6) is -1.29. The van der Waals surface area contributed by atoms with E-state index >= 15 is 0 Å². The van der Waals surface area contributed by atoms with Gasteiger partial charge in [-0.25, -0.2) is 4.98 Å². The van der Waals surface area contributed by atoms with Crippen molar-refractivity contribution in [2.24, 2.45) is 5.41 Å². The monoisotopic (exact) mass is 402 g/mol. The Balaban J connectivity index is 0.00000210. The summed E-state index contributed by atoms with van der Waals surface area (Å²) in [7, 11) is 0. The van der Waals surface area contributed by atoms with Gasteiger partial charge in [0.05, 0.1) is 11.0 Å². The average molecular weight is 403 g/mol. The number of carbonyl (C=O) groups excluding carboxylic acids is 1. The van der Waals surface area contributed by atoms with Crippen LogP contribution in [0.25, 0.3) is 11.0 Å². The van der Waals surface area contributed by atoms with E-state index in [4.69, 9.17) is 0 Å². The lowest BCUT2D eigenvalue weighted by Crippen LogP contribution is -2.45. The van der Waals surface area contributed by atoms with Crippen molar-refractivity contribution in [3.63, 3.8) is 0 Å². The molecule has 0 radical (unpaired) electrons. The van der Waals surface area contributed by atoms with Gasteiger partial charge in [-0.05, 0) is 43.4 Å². The standard InChI is InChI=1S/C18H21F3N4O.ClH/c19-18(20,21)16-23-13-3-1-2-4-14(13)25(16)11-15(26)24-9-6-17(7-10-24)5-8-22-12-17;/h1-4,22H,5-12H2;1H. The van der Waals surface area contributed by atoms with Gasteiger partial charge in [-0.15, -0.1) is 12.4 Å². The first kappa shape index (κ1) is 19.9. The van der Waals surface area contributed by atoms with Crippen LogP contribution in [0.3, 0.4) is 0 Å². The fourth-order valence-electron chi connectivity index (χ4n) is 4.14. The lowest BCUT2D eigenvalue weighted by molar-refractivity contribution is -0.148. The zero-order valence-electron chi connectivity index (χ0n) is 14.8. The number of nitrogens with one attached hydrogen (secondary N) is 1. The number of fused-ring (bicyclic) bond motifs is 1.